The van der Waals surface area contributed by atoms with Crippen LogP contribution in [0.15, 0.2) is 30.6 Å². The summed E-state index contributed by atoms with van der Waals surface area (Å²) in [6.45, 7) is 4.83. The van der Waals surface area contributed by atoms with Crippen LogP contribution >= 0.6 is 0 Å². The highest BCUT2D eigenvalue weighted by atomic mass is 15.3. The van der Waals surface area contributed by atoms with E-state index >= 15 is 0 Å². The van der Waals surface area contributed by atoms with E-state index in [2.05, 4.69) is 25.9 Å². The quantitative estimate of drug-likeness (QED) is 0.892. The van der Waals surface area contributed by atoms with Crippen LogP contribution in [0.1, 0.15) is 5.69 Å². The van der Waals surface area contributed by atoms with E-state index in [4.69, 9.17) is 5.73 Å². The summed E-state index contributed by atoms with van der Waals surface area (Å²) >= 11 is 0. The Morgan fingerprint density at radius 3 is 2.65 bits per heavy atom. The number of nitrogen functional groups attached to an aromatic ring is 1. The number of nitrogens with two attached hydrogens (primary N) is 1. The Morgan fingerprint density at radius 2 is 2.00 bits per heavy atom. The Kier molecular flexibility index (Phi) is 3.56. The molecular weight excluding hydrogens is 252 g/mol. The summed E-state index contributed by atoms with van der Waals surface area (Å²) < 4.78 is 1.85. The lowest BCUT2D eigenvalue weighted by molar-refractivity contribution is 0.246. The molecule has 1 fully saturated rings. The fourth-order valence-corrected chi connectivity index (χ4v) is 2.57. The minimum absolute atomic E-state index is 0.755. The van der Waals surface area contributed by atoms with Gasteiger partial charge in [-0.1, -0.05) is 0 Å². The van der Waals surface area contributed by atoms with Gasteiger partial charge in [0.2, 0.25) is 0 Å². The molecule has 6 nitrogen and oxygen atoms in total. The maximum atomic E-state index is 5.98. The Balaban J connectivity index is 1.58. The first-order valence-electron chi connectivity index (χ1n) is 6.89. The van der Waals surface area contributed by atoms with Gasteiger partial charge in [-0.3, -0.25) is 9.58 Å². The molecule has 6 heteroatoms. The molecule has 2 aromatic heterocycles. The third-order valence-electron chi connectivity index (χ3n) is 3.64. The molecule has 20 heavy (non-hydrogen) atoms. The Morgan fingerprint density at radius 1 is 1.20 bits per heavy atom. The van der Waals surface area contributed by atoms with E-state index in [9.17, 15) is 0 Å². The first-order chi connectivity index (χ1) is 9.72. The minimum Gasteiger partial charge on any atom is -0.396 e. The molecule has 0 aromatic carbocycles. The summed E-state index contributed by atoms with van der Waals surface area (Å²) in [5, 5.41) is 4.43. The largest absolute Gasteiger partial charge is 0.396 e. The molecule has 106 valence electrons. The summed E-state index contributed by atoms with van der Waals surface area (Å²) in [6.07, 6.45) is 3.78. The number of rotatable bonds is 3. The van der Waals surface area contributed by atoms with Crippen molar-refractivity contribution < 1.29 is 0 Å². The van der Waals surface area contributed by atoms with Gasteiger partial charge in [-0.15, -0.1) is 0 Å². The normalized spacial score (nSPS) is 16.6. The lowest BCUT2D eigenvalue weighted by Gasteiger charge is -2.35. The fourth-order valence-electron chi connectivity index (χ4n) is 2.57. The second kappa shape index (κ2) is 5.50. The van der Waals surface area contributed by atoms with Crippen LogP contribution in [0.5, 0.6) is 0 Å². The number of hydrogen-bond acceptors (Lipinski definition) is 5. The average molecular weight is 272 g/mol. The maximum Gasteiger partial charge on any atom is 0.151 e. The number of hydrogen-bond donors (Lipinski definition) is 1. The molecule has 0 spiro atoms. The number of anilines is 2. The van der Waals surface area contributed by atoms with Crippen molar-refractivity contribution in [3.05, 3.63) is 36.3 Å². The molecule has 0 aliphatic carbocycles. The van der Waals surface area contributed by atoms with Crippen molar-refractivity contribution in [3.63, 3.8) is 0 Å². The predicted octanol–water partition coefficient (Wildman–Crippen LogP) is 0.720. The Bertz CT molecular complexity index is 571. The van der Waals surface area contributed by atoms with Gasteiger partial charge in [-0.05, 0) is 18.2 Å². The second-order valence-electron chi connectivity index (χ2n) is 5.16. The van der Waals surface area contributed by atoms with Crippen molar-refractivity contribution in [2.24, 2.45) is 7.05 Å². The molecule has 2 aromatic rings. The highest BCUT2D eigenvalue weighted by molar-refractivity contribution is 5.62. The van der Waals surface area contributed by atoms with Gasteiger partial charge in [-0.25, -0.2) is 4.98 Å². The van der Waals surface area contributed by atoms with E-state index in [1.165, 1.54) is 0 Å². The van der Waals surface area contributed by atoms with Crippen LogP contribution in [-0.2, 0) is 13.6 Å². The summed E-state index contributed by atoms with van der Waals surface area (Å²) in [7, 11) is 1.95. The zero-order valence-electron chi connectivity index (χ0n) is 11.7. The van der Waals surface area contributed by atoms with Gasteiger partial charge in [0.05, 0.1) is 11.4 Å². The molecule has 1 aliphatic rings. The van der Waals surface area contributed by atoms with Gasteiger partial charge in [0, 0.05) is 52.2 Å². The molecule has 0 atom stereocenters. The van der Waals surface area contributed by atoms with Crippen LogP contribution in [0.3, 0.4) is 0 Å². The lowest BCUT2D eigenvalue weighted by atomic mass is 10.2. The third kappa shape index (κ3) is 2.75. The number of pyridine rings is 1. The van der Waals surface area contributed by atoms with Crippen molar-refractivity contribution in [1.29, 1.82) is 0 Å². The average Bonchev–Trinajstić information content (AvgIpc) is 2.86. The highest BCUT2D eigenvalue weighted by Crippen LogP contribution is 2.20. The van der Waals surface area contributed by atoms with E-state index in [0.29, 0.717) is 0 Å². The molecule has 0 amide bonds. The smallest absolute Gasteiger partial charge is 0.151 e. The third-order valence-corrected chi connectivity index (χ3v) is 3.64. The number of nitrogens with zero attached hydrogens (tertiary/aromatic N) is 5. The van der Waals surface area contributed by atoms with E-state index < -0.39 is 0 Å². The Hall–Kier alpha value is -2.08. The van der Waals surface area contributed by atoms with Crippen LogP contribution in [0.4, 0.5) is 11.5 Å². The zero-order chi connectivity index (χ0) is 13.9. The molecule has 0 radical (unpaired) electrons. The van der Waals surface area contributed by atoms with Gasteiger partial charge in [0.25, 0.3) is 0 Å². The van der Waals surface area contributed by atoms with Crippen molar-refractivity contribution in [2.75, 3.05) is 36.8 Å². The SMILES string of the molecule is Cn1ccc(CN2CCN(c3ncccc3N)CC2)n1. The van der Waals surface area contributed by atoms with E-state index in [-0.39, 0.29) is 0 Å². The first-order valence-corrected chi connectivity index (χ1v) is 6.89. The van der Waals surface area contributed by atoms with Crippen LogP contribution in [0.2, 0.25) is 0 Å². The predicted molar refractivity (Wildman–Crippen MR) is 79.3 cm³/mol. The molecular formula is C14H20N6. The second-order valence-corrected chi connectivity index (χ2v) is 5.16. The molecule has 0 saturated carbocycles. The van der Waals surface area contributed by atoms with Crippen molar-refractivity contribution in [2.45, 2.75) is 6.54 Å². The van der Waals surface area contributed by atoms with Crippen molar-refractivity contribution >= 4 is 11.5 Å². The van der Waals surface area contributed by atoms with Crippen LogP contribution in [-0.4, -0.2) is 45.8 Å². The monoisotopic (exact) mass is 272 g/mol. The minimum atomic E-state index is 0.755. The van der Waals surface area contributed by atoms with Crippen LogP contribution < -0.4 is 10.6 Å². The molecule has 0 bridgehead atoms. The molecule has 0 unspecified atom stereocenters. The summed E-state index contributed by atoms with van der Waals surface area (Å²) in [6, 6.07) is 5.85. The van der Waals surface area contributed by atoms with Crippen molar-refractivity contribution in [1.82, 2.24) is 19.7 Å². The molecule has 1 aliphatic heterocycles. The Labute approximate surface area is 118 Å². The lowest BCUT2D eigenvalue weighted by Crippen LogP contribution is -2.46. The highest BCUT2D eigenvalue weighted by Gasteiger charge is 2.19. The summed E-state index contributed by atoms with van der Waals surface area (Å²) in [4.78, 5) is 9.05. The molecule has 1 saturated heterocycles. The van der Waals surface area contributed by atoms with Crippen LogP contribution in [0, 0.1) is 0 Å². The maximum absolute atomic E-state index is 5.98. The number of piperazine rings is 1. The van der Waals surface area contributed by atoms with E-state index in [0.717, 1.165) is 49.9 Å². The molecule has 2 N–H and O–H groups in total. The van der Waals surface area contributed by atoms with Gasteiger partial charge in [0.1, 0.15) is 0 Å². The fraction of sp³-hybridized carbons (Fsp3) is 0.429. The first kappa shape index (κ1) is 12.9. The standard InChI is InChI=1S/C14H20N6/c1-18-6-4-12(17-18)11-19-7-9-20(10-8-19)14-13(15)3-2-5-16-14/h2-6H,7-11,15H2,1H3. The van der Waals surface area contributed by atoms with E-state index in [1.54, 1.807) is 6.20 Å². The van der Waals surface area contributed by atoms with Crippen molar-refractivity contribution in [3.8, 4) is 0 Å². The number of aryl methyl sites for hydroxylation is 1. The van der Waals surface area contributed by atoms with Crippen LogP contribution in [0.25, 0.3) is 0 Å². The van der Waals surface area contributed by atoms with Gasteiger partial charge in [0.15, 0.2) is 5.82 Å². The molecule has 3 heterocycles. The van der Waals surface area contributed by atoms with Gasteiger partial charge < -0.3 is 10.6 Å². The van der Waals surface area contributed by atoms with Gasteiger partial charge in [-0.2, -0.15) is 5.10 Å². The summed E-state index contributed by atoms with van der Waals surface area (Å²) in [5.41, 5.74) is 7.86. The topological polar surface area (TPSA) is 63.2 Å². The zero-order valence-corrected chi connectivity index (χ0v) is 11.7. The summed E-state index contributed by atoms with van der Waals surface area (Å²) in [5.74, 6) is 0.907. The van der Waals surface area contributed by atoms with Gasteiger partial charge >= 0.3 is 0 Å². The van der Waals surface area contributed by atoms with E-state index in [1.807, 2.05) is 30.1 Å². The molecule has 3 rings (SSSR count). The number of aromatic nitrogens is 3.